The molecule has 0 amide bonds. The summed E-state index contributed by atoms with van der Waals surface area (Å²) < 4.78 is 20.5. The van der Waals surface area contributed by atoms with Gasteiger partial charge in [-0.1, -0.05) is 12.1 Å². The van der Waals surface area contributed by atoms with Crippen LogP contribution in [0.25, 0.3) is 0 Å². The number of aromatic nitrogens is 2. The van der Waals surface area contributed by atoms with Crippen molar-refractivity contribution < 1.29 is 9.13 Å². The van der Waals surface area contributed by atoms with Gasteiger partial charge in [0, 0.05) is 38.7 Å². The van der Waals surface area contributed by atoms with Crippen molar-refractivity contribution in [2.24, 2.45) is 0 Å². The van der Waals surface area contributed by atoms with Gasteiger partial charge in [0.05, 0.1) is 0 Å². The van der Waals surface area contributed by atoms with Gasteiger partial charge in [-0.2, -0.15) is 0 Å². The highest BCUT2D eigenvalue weighted by molar-refractivity contribution is 5.26. The van der Waals surface area contributed by atoms with E-state index in [0.29, 0.717) is 0 Å². The summed E-state index contributed by atoms with van der Waals surface area (Å²) in [5.74, 6) is 0.662. The molecule has 0 radical (unpaired) electrons. The molecular weight excluding hydrogens is 269 g/mol. The van der Waals surface area contributed by atoms with E-state index >= 15 is 0 Å². The summed E-state index contributed by atoms with van der Waals surface area (Å²) >= 11 is 0. The van der Waals surface area contributed by atoms with Crippen molar-refractivity contribution in [3.8, 4) is 0 Å². The number of anilines is 1. The van der Waals surface area contributed by atoms with Crippen LogP contribution in [-0.4, -0.2) is 29.3 Å². The Morgan fingerprint density at radius 1 is 1.38 bits per heavy atom. The lowest BCUT2D eigenvalue weighted by atomic mass is 10.1. The fraction of sp³-hybridized carbons (Fsp3) is 0.438. The minimum Gasteiger partial charge on any atom is -0.382 e. The van der Waals surface area contributed by atoms with Crippen LogP contribution in [0.15, 0.2) is 36.7 Å². The first kappa shape index (κ1) is 15.5. The molecule has 2 rings (SSSR count). The topological polar surface area (TPSA) is 39.1 Å². The molecule has 0 spiro atoms. The lowest BCUT2D eigenvalue weighted by Gasteiger charge is -2.10. The van der Waals surface area contributed by atoms with Gasteiger partial charge in [-0.25, -0.2) is 9.37 Å². The molecule has 0 saturated carbocycles. The van der Waals surface area contributed by atoms with Crippen molar-refractivity contribution in [1.82, 2.24) is 9.55 Å². The van der Waals surface area contributed by atoms with Gasteiger partial charge in [0.1, 0.15) is 5.82 Å². The summed E-state index contributed by atoms with van der Waals surface area (Å²) in [7, 11) is 0. The third-order valence-electron chi connectivity index (χ3n) is 3.20. The molecule has 0 bridgehead atoms. The monoisotopic (exact) mass is 291 g/mol. The number of ether oxygens (including phenoxy) is 1. The molecule has 0 aliphatic heterocycles. The molecule has 0 saturated heterocycles. The molecular formula is C16H22FN3O. The van der Waals surface area contributed by atoms with E-state index in [1.165, 1.54) is 6.07 Å². The van der Waals surface area contributed by atoms with Gasteiger partial charge in [0.15, 0.2) is 0 Å². The van der Waals surface area contributed by atoms with E-state index in [1.807, 2.05) is 23.8 Å². The third-order valence-corrected chi connectivity index (χ3v) is 3.20. The van der Waals surface area contributed by atoms with Crippen molar-refractivity contribution >= 4 is 5.95 Å². The molecule has 1 aromatic carbocycles. The molecule has 0 aliphatic rings. The molecule has 1 N–H and O–H groups in total. The van der Waals surface area contributed by atoms with E-state index in [0.717, 1.165) is 50.7 Å². The van der Waals surface area contributed by atoms with E-state index in [2.05, 4.69) is 10.3 Å². The molecule has 2 aromatic rings. The summed E-state index contributed by atoms with van der Waals surface area (Å²) in [6.07, 6.45) is 5.44. The van der Waals surface area contributed by atoms with Crippen LogP contribution in [0.5, 0.6) is 0 Å². The van der Waals surface area contributed by atoms with Gasteiger partial charge in [-0.15, -0.1) is 0 Å². The van der Waals surface area contributed by atoms with Crippen molar-refractivity contribution in [2.75, 3.05) is 25.1 Å². The SMILES string of the molecule is CCOCCCNc1nccn1CCc1cccc(F)c1. The Balaban J connectivity index is 1.80. The Bertz CT molecular complexity index is 542. The zero-order valence-corrected chi connectivity index (χ0v) is 12.4. The van der Waals surface area contributed by atoms with Crippen LogP contribution in [0.4, 0.5) is 10.3 Å². The summed E-state index contributed by atoms with van der Waals surface area (Å²) in [6, 6.07) is 6.72. The number of nitrogens with one attached hydrogen (secondary N) is 1. The standard InChI is InChI=1S/C16H22FN3O/c1-2-21-12-4-8-18-16-19-9-11-20(16)10-7-14-5-3-6-15(17)13-14/h3,5-6,9,11,13H,2,4,7-8,10,12H2,1H3,(H,18,19). The van der Waals surface area contributed by atoms with Crippen LogP contribution in [-0.2, 0) is 17.7 Å². The highest BCUT2D eigenvalue weighted by Crippen LogP contribution is 2.09. The summed E-state index contributed by atoms with van der Waals surface area (Å²) in [4.78, 5) is 4.30. The Morgan fingerprint density at radius 2 is 2.29 bits per heavy atom. The van der Waals surface area contributed by atoms with E-state index in [4.69, 9.17) is 4.74 Å². The Morgan fingerprint density at radius 3 is 3.10 bits per heavy atom. The van der Waals surface area contributed by atoms with Gasteiger partial charge in [-0.3, -0.25) is 0 Å². The van der Waals surface area contributed by atoms with E-state index in [9.17, 15) is 4.39 Å². The normalized spacial score (nSPS) is 10.8. The van der Waals surface area contributed by atoms with Crippen LogP contribution < -0.4 is 5.32 Å². The highest BCUT2D eigenvalue weighted by atomic mass is 19.1. The first-order valence-corrected chi connectivity index (χ1v) is 7.37. The average Bonchev–Trinajstić information content (AvgIpc) is 2.92. The molecule has 0 atom stereocenters. The first-order valence-electron chi connectivity index (χ1n) is 7.37. The number of nitrogens with zero attached hydrogens (tertiary/aromatic N) is 2. The maximum Gasteiger partial charge on any atom is 0.202 e. The van der Waals surface area contributed by atoms with E-state index < -0.39 is 0 Å². The second-order valence-electron chi connectivity index (χ2n) is 4.80. The quantitative estimate of drug-likeness (QED) is 0.722. The smallest absolute Gasteiger partial charge is 0.202 e. The fourth-order valence-corrected chi connectivity index (χ4v) is 2.12. The number of imidazole rings is 1. The Hall–Kier alpha value is -1.88. The summed E-state index contributed by atoms with van der Waals surface area (Å²) in [5.41, 5.74) is 0.992. The predicted molar refractivity (Wildman–Crippen MR) is 81.9 cm³/mol. The molecule has 0 aliphatic carbocycles. The summed E-state index contributed by atoms with van der Waals surface area (Å²) in [5, 5.41) is 3.30. The predicted octanol–water partition coefficient (Wildman–Crippen LogP) is 3.10. The molecule has 21 heavy (non-hydrogen) atoms. The number of aryl methyl sites for hydroxylation is 2. The van der Waals surface area contributed by atoms with E-state index in [-0.39, 0.29) is 5.82 Å². The molecule has 1 heterocycles. The number of halogens is 1. The molecule has 1 aromatic heterocycles. The number of benzene rings is 1. The van der Waals surface area contributed by atoms with Gasteiger partial charge >= 0.3 is 0 Å². The van der Waals surface area contributed by atoms with Crippen molar-refractivity contribution in [3.05, 3.63) is 48.0 Å². The van der Waals surface area contributed by atoms with E-state index in [1.54, 1.807) is 18.3 Å². The molecule has 0 unspecified atom stereocenters. The Kier molecular flexibility index (Phi) is 6.22. The molecule has 114 valence electrons. The molecule has 0 fully saturated rings. The summed E-state index contributed by atoms with van der Waals surface area (Å²) in [6.45, 7) is 5.11. The molecule has 5 heteroatoms. The largest absolute Gasteiger partial charge is 0.382 e. The molecule has 4 nitrogen and oxygen atoms in total. The minimum absolute atomic E-state index is 0.188. The zero-order valence-electron chi connectivity index (χ0n) is 12.4. The maximum absolute atomic E-state index is 13.1. The van der Waals surface area contributed by atoms with Gasteiger partial charge < -0.3 is 14.6 Å². The van der Waals surface area contributed by atoms with Gasteiger partial charge in [-0.05, 0) is 37.5 Å². The number of hydrogen-bond acceptors (Lipinski definition) is 3. The van der Waals surface area contributed by atoms with Crippen LogP contribution in [0.2, 0.25) is 0 Å². The first-order chi connectivity index (χ1) is 10.3. The van der Waals surface area contributed by atoms with Crippen LogP contribution in [0.1, 0.15) is 18.9 Å². The third kappa shape index (κ3) is 5.19. The minimum atomic E-state index is -0.188. The lowest BCUT2D eigenvalue weighted by molar-refractivity contribution is 0.147. The second kappa shape index (κ2) is 8.42. The van der Waals surface area contributed by atoms with Crippen molar-refractivity contribution in [2.45, 2.75) is 26.3 Å². The van der Waals surface area contributed by atoms with Gasteiger partial charge in [0.25, 0.3) is 0 Å². The lowest BCUT2D eigenvalue weighted by Crippen LogP contribution is -2.11. The maximum atomic E-state index is 13.1. The number of rotatable bonds is 9. The Labute approximate surface area is 125 Å². The number of hydrogen-bond donors (Lipinski definition) is 1. The van der Waals surface area contributed by atoms with Crippen LogP contribution >= 0.6 is 0 Å². The average molecular weight is 291 g/mol. The van der Waals surface area contributed by atoms with Crippen LogP contribution in [0.3, 0.4) is 0 Å². The van der Waals surface area contributed by atoms with Gasteiger partial charge in [0.2, 0.25) is 5.95 Å². The van der Waals surface area contributed by atoms with Crippen molar-refractivity contribution in [1.29, 1.82) is 0 Å². The zero-order chi connectivity index (χ0) is 14.9. The van der Waals surface area contributed by atoms with Crippen molar-refractivity contribution in [3.63, 3.8) is 0 Å². The van der Waals surface area contributed by atoms with Crippen LogP contribution in [0, 0.1) is 5.82 Å². The fourth-order valence-electron chi connectivity index (χ4n) is 2.12. The second-order valence-corrected chi connectivity index (χ2v) is 4.80. The highest BCUT2D eigenvalue weighted by Gasteiger charge is 2.03.